The molecule has 37 heavy (non-hydrogen) atoms. The molecule has 0 spiro atoms. The normalized spacial score (nSPS) is 18.8. The Morgan fingerprint density at radius 1 is 0.811 bits per heavy atom. The van der Waals surface area contributed by atoms with Gasteiger partial charge in [0.1, 0.15) is 11.4 Å². The Bertz CT molecular complexity index is 1410. The zero-order valence-electron chi connectivity index (χ0n) is 21.6. The summed E-state index contributed by atoms with van der Waals surface area (Å²) in [5.41, 5.74) is 6.01. The van der Waals surface area contributed by atoms with Gasteiger partial charge in [0.05, 0.1) is 28.8 Å². The van der Waals surface area contributed by atoms with Crippen molar-refractivity contribution in [3.8, 4) is 5.75 Å². The van der Waals surface area contributed by atoms with Gasteiger partial charge < -0.3 is 4.74 Å². The predicted molar refractivity (Wildman–Crippen MR) is 139 cm³/mol. The number of nitrogens with one attached hydrogen (secondary N) is 1. The van der Waals surface area contributed by atoms with E-state index >= 15 is 0 Å². The van der Waals surface area contributed by atoms with Crippen LogP contribution in [0, 0.1) is 20.8 Å². The summed E-state index contributed by atoms with van der Waals surface area (Å²) in [6.07, 6.45) is 0.697. The summed E-state index contributed by atoms with van der Waals surface area (Å²) in [4.78, 5) is 48.5. The van der Waals surface area contributed by atoms with Gasteiger partial charge in [0.25, 0.3) is 23.6 Å². The van der Waals surface area contributed by atoms with Crippen molar-refractivity contribution in [1.82, 2.24) is 10.2 Å². The number of imide groups is 2. The number of hydrogen-bond donors (Lipinski definition) is 1. The fourth-order valence-corrected chi connectivity index (χ4v) is 5.04. The van der Waals surface area contributed by atoms with Crippen LogP contribution in [-0.4, -0.2) is 92.1 Å². The van der Waals surface area contributed by atoms with Crippen LogP contribution in [0.1, 0.15) is 70.6 Å². The molecule has 0 aromatic heterocycles. The van der Waals surface area contributed by atoms with Crippen molar-refractivity contribution in [3.63, 3.8) is 0 Å². The van der Waals surface area contributed by atoms with E-state index in [0.717, 1.165) is 11.3 Å². The van der Waals surface area contributed by atoms with E-state index in [9.17, 15) is 19.2 Å². The fourth-order valence-electron chi connectivity index (χ4n) is 5.04. The van der Waals surface area contributed by atoms with Crippen molar-refractivity contribution in [1.29, 1.82) is 0 Å². The molecule has 3 heterocycles. The van der Waals surface area contributed by atoms with Crippen LogP contribution in [0.4, 0.5) is 0 Å². The van der Waals surface area contributed by atoms with Gasteiger partial charge in [-0.3, -0.25) is 29.4 Å². The second-order valence-electron chi connectivity index (χ2n) is 9.74. The zero-order chi connectivity index (χ0) is 25.8. The summed E-state index contributed by atoms with van der Waals surface area (Å²) in [5.74, 6) is -0.148. The number of aryl methyl sites for hydroxylation is 2. The first kappa shape index (κ1) is 27.4. The Kier molecular flexibility index (Phi) is 7.61. The average Bonchev–Trinajstić information content (AvgIpc) is 3.45. The van der Waals surface area contributed by atoms with E-state index in [1.807, 2.05) is 6.92 Å². The maximum Gasteiger partial charge on any atom is 0.261 e. The van der Waals surface area contributed by atoms with E-state index in [2.05, 4.69) is 32.2 Å². The molecule has 3 aliphatic rings. The van der Waals surface area contributed by atoms with Gasteiger partial charge in [0.2, 0.25) is 0 Å². The van der Waals surface area contributed by atoms with Crippen LogP contribution in [0.15, 0.2) is 54.6 Å². The summed E-state index contributed by atoms with van der Waals surface area (Å²) in [7, 11) is 0. The van der Waals surface area contributed by atoms with Gasteiger partial charge in [-0.1, -0.05) is 30.3 Å². The minimum atomic E-state index is -0.598. The van der Waals surface area contributed by atoms with E-state index in [-0.39, 0.29) is 81.6 Å². The standard InChI is InChI=1S/C21H21NO3.C8H5NO2.K/c1-12-9-13(2)17-10-21(4,25-18(17)14(12)3)11-22-19(23)15-7-5-6-8-16(15)20(22)24;10-7-5-3-1-2-4-6(5)8(11)9-7;/h5-9H,10-11H2,1-4H3;1-4H,(H,9,10,11);. The molecule has 3 aliphatic heterocycles. The van der Waals surface area contributed by atoms with Crippen LogP contribution < -0.4 is 10.1 Å². The van der Waals surface area contributed by atoms with Gasteiger partial charge in [-0.25, -0.2) is 0 Å². The molecule has 183 valence electrons. The monoisotopic (exact) mass is 521 g/mol. The summed E-state index contributed by atoms with van der Waals surface area (Å²) in [5, 5.41) is 2.20. The maximum atomic E-state index is 12.6. The second kappa shape index (κ2) is 10.3. The summed E-state index contributed by atoms with van der Waals surface area (Å²) in [6.45, 7) is 8.45. The first-order valence-corrected chi connectivity index (χ1v) is 11.8. The molecule has 0 fully saturated rings. The predicted octanol–water partition coefficient (Wildman–Crippen LogP) is 3.79. The molecule has 0 aliphatic carbocycles. The molecule has 0 saturated heterocycles. The van der Waals surface area contributed by atoms with Gasteiger partial charge in [-0.15, -0.1) is 0 Å². The van der Waals surface area contributed by atoms with Crippen LogP contribution in [-0.2, 0) is 6.42 Å². The number of fused-ring (bicyclic) bond motifs is 3. The van der Waals surface area contributed by atoms with Crippen LogP contribution >= 0.6 is 0 Å². The van der Waals surface area contributed by atoms with E-state index in [0.29, 0.717) is 28.7 Å². The molecule has 8 heteroatoms. The third kappa shape index (κ3) is 4.84. The van der Waals surface area contributed by atoms with Gasteiger partial charge in [-0.2, -0.15) is 0 Å². The average molecular weight is 522 g/mol. The molecule has 3 aromatic carbocycles. The Morgan fingerprint density at radius 3 is 1.81 bits per heavy atom. The van der Waals surface area contributed by atoms with E-state index in [1.165, 1.54) is 21.6 Å². The number of amides is 4. The summed E-state index contributed by atoms with van der Waals surface area (Å²) >= 11 is 0. The molecule has 1 atom stereocenters. The van der Waals surface area contributed by atoms with Crippen molar-refractivity contribution in [2.24, 2.45) is 0 Å². The van der Waals surface area contributed by atoms with E-state index in [1.54, 1.807) is 48.5 Å². The van der Waals surface area contributed by atoms with Crippen LogP contribution in [0.25, 0.3) is 0 Å². The fraction of sp³-hybridized carbons (Fsp3) is 0.241. The summed E-state index contributed by atoms with van der Waals surface area (Å²) in [6, 6.07) is 15.9. The minimum Gasteiger partial charge on any atom is -0.485 e. The Hall–Kier alpha value is -2.62. The van der Waals surface area contributed by atoms with Crippen molar-refractivity contribution in [2.45, 2.75) is 39.7 Å². The molecule has 7 nitrogen and oxygen atoms in total. The van der Waals surface area contributed by atoms with Crippen molar-refractivity contribution in [3.05, 3.63) is 99.1 Å². The third-order valence-corrected chi connectivity index (χ3v) is 7.03. The number of hydrogen-bond acceptors (Lipinski definition) is 5. The number of ether oxygens (including phenoxy) is 1. The molecule has 1 N–H and O–H groups in total. The summed E-state index contributed by atoms with van der Waals surface area (Å²) < 4.78 is 6.30. The first-order chi connectivity index (χ1) is 17.1. The largest absolute Gasteiger partial charge is 0.485 e. The molecule has 1 unspecified atom stereocenters. The Labute approximate surface area is 258 Å². The SMILES string of the molecule is Cc1cc(C)c2c(c1C)OC(C)(CN1C(=O)c3ccccc3C1=O)C2.O=C1NC(=O)c2ccccc21.[K]. The quantitative estimate of drug-likeness (QED) is 0.409. The molecule has 0 saturated carbocycles. The minimum absolute atomic E-state index is 0. The first-order valence-electron chi connectivity index (χ1n) is 11.8. The van der Waals surface area contributed by atoms with Gasteiger partial charge in [-0.05, 0) is 68.7 Å². The number of carbonyl (C=O) groups excluding carboxylic acids is 4. The Morgan fingerprint density at radius 2 is 1.30 bits per heavy atom. The maximum absolute atomic E-state index is 12.6. The van der Waals surface area contributed by atoms with E-state index < -0.39 is 5.60 Å². The van der Waals surface area contributed by atoms with Gasteiger partial charge >= 0.3 is 0 Å². The molecule has 3 aromatic rings. The zero-order valence-corrected chi connectivity index (χ0v) is 24.7. The number of benzene rings is 3. The smallest absolute Gasteiger partial charge is 0.261 e. The van der Waals surface area contributed by atoms with Gasteiger partial charge in [0.15, 0.2) is 0 Å². The molecular weight excluding hydrogens is 495 g/mol. The molecule has 4 amide bonds. The Balaban J connectivity index is 0.000000224. The van der Waals surface area contributed by atoms with Crippen LogP contribution in [0.5, 0.6) is 5.75 Å². The molecule has 1 radical (unpaired) electrons. The number of carbonyl (C=O) groups is 4. The van der Waals surface area contributed by atoms with Crippen LogP contribution in [0.3, 0.4) is 0 Å². The van der Waals surface area contributed by atoms with Crippen molar-refractivity contribution >= 4 is 75.0 Å². The number of nitrogens with zero attached hydrogens (tertiary/aromatic N) is 1. The van der Waals surface area contributed by atoms with Gasteiger partial charge in [0, 0.05) is 63.4 Å². The van der Waals surface area contributed by atoms with Crippen molar-refractivity contribution in [2.75, 3.05) is 6.54 Å². The van der Waals surface area contributed by atoms with Crippen molar-refractivity contribution < 1.29 is 23.9 Å². The molecular formula is C29H26KN2O5. The topological polar surface area (TPSA) is 92.8 Å². The molecule has 0 bridgehead atoms. The number of rotatable bonds is 2. The van der Waals surface area contributed by atoms with Crippen LogP contribution in [0.2, 0.25) is 0 Å². The molecule has 6 rings (SSSR count). The third-order valence-electron chi connectivity index (χ3n) is 7.03. The second-order valence-corrected chi connectivity index (χ2v) is 9.74. The van der Waals surface area contributed by atoms with E-state index in [4.69, 9.17) is 4.74 Å².